The Morgan fingerprint density at radius 2 is 1.47 bits per heavy atom. The predicted molar refractivity (Wildman–Crippen MR) is 128 cm³/mol. The molecule has 3 rings (SSSR count). The number of aliphatic carboxylic acids is 1. The number of benzene rings is 2. The van der Waals surface area contributed by atoms with E-state index in [1.54, 1.807) is 6.92 Å². The SMILES string of the molecule is C[C@@H](NC(=O)[C@@H](NC(=O)OCC1c2ccccc2-c2ccccc21)[C@@H](C)OC(C)(C)C)C(=O)O. The number of alkyl carbamates (subject to hydrolysis) is 1. The van der Waals surface area contributed by atoms with Crippen LogP contribution in [0.3, 0.4) is 0 Å². The molecule has 0 fully saturated rings. The Morgan fingerprint density at radius 1 is 0.941 bits per heavy atom. The molecular weight excluding hydrogens is 436 g/mol. The highest BCUT2D eigenvalue weighted by Gasteiger charge is 2.34. The first-order chi connectivity index (χ1) is 16.0. The molecule has 2 amide bonds. The summed E-state index contributed by atoms with van der Waals surface area (Å²) < 4.78 is 11.4. The van der Waals surface area contributed by atoms with E-state index in [-0.39, 0.29) is 12.5 Å². The number of carboxylic acid groups (broad SMARTS) is 1. The average Bonchev–Trinajstić information content (AvgIpc) is 3.08. The van der Waals surface area contributed by atoms with Crippen molar-refractivity contribution in [2.45, 2.75) is 64.3 Å². The van der Waals surface area contributed by atoms with E-state index < -0.39 is 41.8 Å². The first-order valence-corrected chi connectivity index (χ1v) is 11.3. The summed E-state index contributed by atoms with van der Waals surface area (Å²) in [5.41, 5.74) is 3.79. The van der Waals surface area contributed by atoms with Crippen LogP contribution in [-0.4, -0.2) is 53.5 Å². The second-order valence-corrected chi connectivity index (χ2v) is 9.45. The molecule has 2 aromatic rings. The fourth-order valence-electron chi connectivity index (χ4n) is 4.15. The molecule has 0 heterocycles. The van der Waals surface area contributed by atoms with E-state index in [9.17, 15) is 14.4 Å². The van der Waals surface area contributed by atoms with Crippen molar-refractivity contribution < 1.29 is 29.0 Å². The Morgan fingerprint density at radius 3 is 1.97 bits per heavy atom. The zero-order chi connectivity index (χ0) is 25.0. The molecule has 3 atom stereocenters. The first kappa shape index (κ1) is 25.2. The zero-order valence-electron chi connectivity index (χ0n) is 20.1. The summed E-state index contributed by atoms with van der Waals surface area (Å²) in [5, 5.41) is 14.1. The van der Waals surface area contributed by atoms with E-state index in [1.807, 2.05) is 69.3 Å². The Labute approximate surface area is 199 Å². The minimum atomic E-state index is -1.18. The lowest BCUT2D eigenvalue weighted by molar-refractivity contribution is -0.143. The number of amides is 2. The van der Waals surface area contributed by atoms with Crippen molar-refractivity contribution in [3.05, 3.63) is 59.7 Å². The third-order valence-corrected chi connectivity index (χ3v) is 5.64. The monoisotopic (exact) mass is 468 g/mol. The van der Waals surface area contributed by atoms with Crippen molar-refractivity contribution in [1.29, 1.82) is 0 Å². The molecule has 8 heteroatoms. The van der Waals surface area contributed by atoms with Crippen LogP contribution >= 0.6 is 0 Å². The molecule has 0 bridgehead atoms. The molecule has 34 heavy (non-hydrogen) atoms. The molecule has 0 spiro atoms. The van der Waals surface area contributed by atoms with Gasteiger partial charge in [0.25, 0.3) is 0 Å². The summed E-state index contributed by atoms with van der Waals surface area (Å²) in [5.74, 6) is -1.97. The topological polar surface area (TPSA) is 114 Å². The van der Waals surface area contributed by atoms with Crippen LogP contribution in [0.15, 0.2) is 48.5 Å². The molecule has 1 aliphatic carbocycles. The van der Waals surface area contributed by atoms with Crippen LogP contribution in [0.1, 0.15) is 51.7 Å². The lowest BCUT2D eigenvalue weighted by atomic mass is 9.98. The van der Waals surface area contributed by atoms with Gasteiger partial charge < -0.3 is 25.2 Å². The second kappa shape index (κ2) is 10.3. The van der Waals surface area contributed by atoms with Crippen LogP contribution in [-0.2, 0) is 19.1 Å². The third kappa shape index (κ3) is 5.94. The summed E-state index contributed by atoms with van der Waals surface area (Å²) in [7, 11) is 0. The van der Waals surface area contributed by atoms with E-state index in [1.165, 1.54) is 6.92 Å². The van der Waals surface area contributed by atoms with E-state index in [0.717, 1.165) is 22.3 Å². The van der Waals surface area contributed by atoms with Crippen LogP contribution in [0.2, 0.25) is 0 Å². The molecule has 0 saturated carbocycles. The number of carbonyl (C=O) groups excluding carboxylic acids is 2. The number of hydrogen-bond donors (Lipinski definition) is 3. The van der Waals surface area contributed by atoms with Gasteiger partial charge in [-0.05, 0) is 56.9 Å². The van der Waals surface area contributed by atoms with Gasteiger partial charge in [0.05, 0.1) is 11.7 Å². The van der Waals surface area contributed by atoms with E-state index in [4.69, 9.17) is 14.6 Å². The fraction of sp³-hybridized carbons (Fsp3) is 0.423. The van der Waals surface area contributed by atoms with Crippen molar-refractivity contribution in [2.75, 3.05) is 6.61 Å². The van der Waals surface area contributed by atoms with Gasteiger partial charge in [0.1, 0.15) is 18.7 Å². The largest absolute Gasteiger partial charge is 0.480 e. The summed E-state index contributed by atoms with van der Waals surface area (Å²) in [6.45, 7) is 8.56. The van der Waals surface area contributed by atoms with Crippen molar-refractivity contribution in [3.8, 4) is 11.1 Å². The van der Waals surface area contributed by atoms with Gasteiger partial charge in [0.2, 0.25) is 5.91 Å². The van der Waals surface area contributed by atoms with E-state index in [0.29, 0.717) is 0 Å². The van der Waals surface area contributed by atoms with Crippen molar-refractivity contribution in [2.24, 2.45) is 0 Å². The normalized spacial score (nSPS) is 15.4. The van der Waals surface area contributed by atoms with Crippen LogP contribution in [0.5, 0.6) is 0 Å². The minimum Gasteiger partial charge on any atom is -0.480 e. The molecule has 0 radical (unpaired) electrons. The number of carboxylic acids is 1. The number of ether oxygens (including phenoxy) is 2. The van der Waals surface area contributed by atoms with Crippen molar-refractivity contribution >= 4 is 18.0 Å². The Kier molecular flexibility index (Phi) is 7.61. The zero-order valence-corrected chi connectivity index (χ0v) is 20.1. The van der Waals surface area contributed by atoms with Gasteiger partial charge in [-0.15, -0.1) is 0 Å². The second-order valence-electron chi connectivity index (χ2n) is 9.45. The van der Waals surface area contributed by atoms with Crippen molar-refractivity contribution in [1.82, 2.24) is 10.6 Å². The highest BCUT2D eigenvalue weighted by Crippen LogP contribution is 2.44. The van der Waals surface area contributed by atoms with Gasteiger partial charge in [0.15, 0.2) is 0 Å². The summed E-state index contributed by atoms with van der Waals surface area (Å²) >= 11 is 0. The Hall–Kier alpha value is -3.39. The molecule has 0 unspecified atom stereocenters. The number of carbonyl (C=O) groups is 3. The number of hydrogen-bond acceptors (Lipinski definition) is 5. The van der Waals surface area contributed by atoms with E-state index >= 15 is 0 Å². The van der Waals surface area contributed by atoms with Gasteiger partial charge >= 0.3 is 12.1 Å². The molecular formula is C26H32N2O6. The predicted octanol–water partition coefficient (Wildman–Crippen LogP) is 3.69. The number of nitrogens with one attached hydrogen (secondary N) is 2. The van der Waals surface area contributed by atoms with Gasteiger partial charge in [-0.2, -0.15) is 0 Å². The van der Waals surface area contributed by atoms with Gasteiger partial charge in [-0.3, -0.25) is 9.59 Å². The molecule has 0 aliphatic heterocycles. The maximum absolute atomic E-state index is 12.8. The van der Waals surface area contributed by atoms with Crippen LogP contribution in [0.4, 0.5) is 4.79 Å². The van der Waals surface area contributed by atoms with Gasteiger partial charge in [-0.1, -0.05) is 48.5 Å². The molecule has 0 saturated heterocycles. The average molecular weight is 469 g/mol. The van der Waals surface area contributed by atoms with Crippen molar-refractivity contribution in [3.63, 3.8) is 0 Å². The molecule has 8 nitrogen and oxygen atoms in total. The summed E-state index contributed by atoms with van der Waals surface area (Å²) in [6.07, 6.45) is -1.52. The van der Waals surface area contributed by atoms with Crippen LogP contribution in [0.25, 0.3) is 11.1 Å². The molecule has 0 aromatic heterocycles. The minimum absolute atomic E-state index is 0.0915. The highest BCUT2D eigenvalue weighted by atomic mass is 16.6. The molecule has 2 aromatic carbocycles. The summed E-state index contributed by atoms with van der Waals surface area (Å²) in [6, 6.07) is 13.7. The smallest absolute Gasteiger partial charge is 0.407 e. The van der Waals surface area contributed by atoms with Crippen LogP contribution in [0, 0.1) is 0 Å². The highest BCUT2D eigenvalue weighted by molar-refractivity contribution is 5.89. The van der Waals surface area contributed by atoms with Gasteiger partial charge in [-0.25, -0.2) is 4.79 Å². The summed E-state index contributed by atoms with van der Waals surface area (Å²) in [4.78, 5) is 36.7. The Balaban J connectivity index is 1.72. The third-order valence-electron chi connectivity index (χ3n) is 5.64. The van der Waals surface area contributed by atoms with Crippen LogP contribution < -0.4 is 10.6 Å². The van der Waals surface area contributed by atoms with Gasteiger partial charge in [0, 0.05) is 5.92 Å². The lowest BCUT2D eigenvalue weighted by Crippen LogP contribution is -2.56. The Bertz CT molecular complexity index is 1020. The maximum Gasteiger partial charge on any atom is 0.407 e. The number of rotatable bonds is 8. The number of fused-ring (bicyclic) bond motifs is 3. The standard InChI is InChI=1S/C26H32N2O6/c1-15(24(30)31)27-23(29)22(16(2)34-26(3,4)5)28-25(32)33-14-21-19-12-8-6-10-17(19)18-11-7-9-13-20(18)21/h6-13,15-16,21-22H,14H2,1-5H3,(H,27,29)(H,28,32)(H,30,31)/t15-,16-,22+/m1/s1. The maximum atomic E-state index is 12.8. The fourth-order valence-corrected chi connectivity index (χ4v) is 4.15. The van der Waals surface area contributed by atoms with E-state index in [2.05, 4.69) is 10.6 Å². The molecule has 1 aliphatic rings. The molecule has 182 valence electrons. The quantitative estimate of drug-likeness (QED) is 0.545. The molecule has 3 N–H and O–H groups in total. The first-order valence-electron chi connectivity index (χ1n) is 11.3. The lowest BCUT2D eigenvalue weighted by Gasteiger charge is -2.31.